The Morgan fingerprint density at radius 1 is 1.24 bits per heavy atom. The number of ether oxygens (including phenoxy) is 1. The number of aromatic hydroxyl groups is 1. The Labute approximate surface area is 208 Å². The second kappa shape index (κ2) is 9.29. The number of aromatic nitrogens is 2. The summed E-state index contributed by atoms with van der Waals surface area (Å²) in [6, 6.07) is 5.14. The van der Waals surface area contributed by atoms with E-state index in [1.807, 2.05) is 38.5 Å². The molecule has 7 nitrogen and oxygen atoms in total. The molecule has 1 aliphatic rings. The predicted octanol–water partition coefficient (Wildman–Crippen LogP) is 6.09. The summed E-state index contributed by atoms with van der Waals surface area (Å²) in [7, 11) is 0. The highest BCUT2D eigenvalue weighted by Gasteiger charge is 2.30. The molecule has 0 saturated carbocycles. The average Bonchev–Trinajstić information content (AvgIpc) is 3.08. The van der Waals surface area contributed by atoms with Crippen molar-refractivity contribution in [2.45, 2.75) is 58.8 Å². The number of piperidine rings is 1. The Balaban J connectivity index is 1.72. The van der Waals surface area contributed by atoms with Gasteiger partial charge in [-0.05, 0) is 52.7 Å². The molecule has 0 atom stereocenters. The minimum Gasteiger partial charge on any atom is -0.494 e. The van der Waals surface area contributed by atoms with Gasteiger partial charge in [0.05, 0.1) is 17.5 Å². The Bertz CT molecular complexity index is 1240. The molecule has 34 heavy (non-hydrogen) atoms. The maximum Gasteiger partial charge on any atom is 0.410 e. The first-order valence-corrected chi connectivity index (χ1v) is 12.0. The van der Waals surface area contributed by atoms with Crippen molar-refractivity contribution < 1.29 is 19.7 Å². The molecule has 1 aliphatic heterocycles. The van der Waals surface area contributed by atoms with Crippen molar-refractivity contribution in [3.05, 3.63) is 45.7 Å². The number of hydrogen-bond donors (Lipinski definition) is 2. The van der Waals surface area contributed by atoms with E-state index in [4.69, 9.17) is 27.9 Å². The standard InChI is InChI=1S/C25H29Cl2N3O4/c1-14-18(13-31)21(17-6-5-15(26)11-19(17)27)22-20(28-14)12-30(23(22)32)16-7-9-29(10-8-16)24(33)34-25(2,3)4/h5-6,11-12,16,31-32H,7-10,13H2,1-4H3. The molecule has 3 aromatic rings. The van der Waals surface area contributed by atoms with Crippen LogP contribution in [-0.4, -0.2) is 49.4 Å². The summed E-state index contributed by atoms with van der Waals surface area (Å²) in [5.74, 6) is 0.0638. The van der Waals surface area contributed by atoms with E-state index in [1.165, 1.54) is 0 Å². The van der Waals surface area contributed by atoms with Crippen LogP contribution in [0.15, 0.2) is 24.4 Å². The number of rotatable bonds is 3. The lowest BCUT2D eigenvalue weighted by Gasteiger charge is -2.34. The number of benzene rings is 1. The first-order valence-electron chi connectivity index (χ1n) is 11.3. The number of pyridine rings is 1. The van der Waals surface area contributed by atoms with Crippen LogP contribution in [0.5, 0.6) is 5.88 Å². The minimum absolute atomic E-state index is 0.0145. The number of hydrogen-bond acceptors (Lipinski definition) is 5. The molecular weight excluding hydrogens is 477 g/mol. The topological polar surface area (TPSA) is 87.8 Å². The first kappa shape index (κ1) is 24.6. The second-order valence-corrected chi connectivity index (χ2v) is 10.5. The van der Waals surface area contributed by atoms with E-state index in [2.05, 4.69) is 4.98 Å². The number of fused-ring (bicyclic) bond motifs is 1. The van der Waals surface area contributed by atoms with Crippen molar-refractivity contribution in [1.82, 2.24) is 14.5 Å². The number of aryl methyl sites for hydroxylation is 1. The van der Waals surface area contributed by atoms with E-state index < -0.39 is 5.60 Å². The van der Waals surface area contributed by atoms with Crippen LogP contribution in [0, 0.1) is 6.92 Å². The van der Waals surface area contributed by atoms with Gasteiger partial charge in [0.2, 0.25) is 5.88 Å². The van der Waals surface area contributed by atoms with Gasteiger partial charge in [0.15, 0.2) is 0 Å². The summed E-state index contributed by atoms with van der Waals surface area (Å²) < 4.78 is 7.31. The van der Waals surface area contributed by atoms with E-state index in [1.54, 1.807) is 23.1 Å². The zero-order valence-corrected chi connectivity index (χ0v) is 21.2. The fourth-order valence-corrected chi connectivity index (χ4v) is 5.02. The smallest absolute Gasteiger partial charge is 0.410 e. The third kappa shape index (κ3) is 4.69. The number of carbonyl (C=O) groups excluding carboxylic acids is 1. The number of aliphatic hydroxyl groups is 1. The van der Waals surface area contributed by atoms with Gasteiger partial charge in [-0.1, -0.05) is 29.3 Å². The number of amides is 1. The van der Waals surface area contributed by atoms with Crippen LogP contribution in [0.1, 0.15) is 50.9 Å². The van der Waals surface area contributed by atoms with Crippen molar-refractivity contribution >= 4 is 40.2 Å². The lowest BCUT2D eigenvalue weighted by molar-refractivity contribution is 0.0187. The molecule has 0 unspecified atom stereocenters. The molecule has 3 heterocycles. The minimum atomic E-state index is -0.544. The van der Waals surface area contributed by atoms with Crippen molar-refractivity contribution in [3.8, 4) is 17.0 Å². The fraction of sp³-hybridized carbons (Fsp3) is 0.440. The van der Waals surface area contributed by atoms with E-state index in [-0.39, 0.29) is 24.6 Å². The molecule has 0 bridgehead atoms. The normalized spacial score (nSPS) is 15.2. The highest BCUT2D eigenvalue weighted by atomic mass is 35.5. The van der Waals surface area contributed by atoms with Gasteiger partial charge >= 0.3 is 6.09 Å². The molecule has 1 amide bonds. The third-order valence-electron chi connectivity index (χ3n) is 6.13. The summed E-state index contributed by atoms with van der Waals surface area (Å²) in [4.78, 5) is 18.8. The molecule has 0 aliphatic carbocycles. The Kier molecular flexibility index (Phi) is 6.73. The summed E-state index contributed by atoms with van der Waals surface area (Å²) in [6.07, 6.45) is 2.84. The van der Waals surface area contributed by atoms with Gasteiger partial charge in [-0.2, -0.15) is 0 Å². The molecule has 182 valence electrons. The van der Waals surface area contributed by atoms with E-state index >= 15 is 0 Å². The Morgan fingerprint density at radius 2 is 1.91 bits per heavy atom. The van der Waals surface area contributed by atoms with Crippen LogP contribution in [0.2, 0.25) is 10.0 Å². The quantitative estimate of drug-likeness (QED) is 0.449. The lowest BCUT2D eigenvalue weighted by atomic mass is 9.96. The van der Waals surface area contributed by atoms with Crippen LogP contribution in [0.3, 0.4) is 0 Å². The van der Waals surface area contributed by atoms with Gasteiger partial charge in [0, 0.05) is 57.8 Å². The molecule has 1 aromatic carbocycles. The third-order valence-corrected chi connectivity index (χ3v) is 6.68. The monoisotopic (exact) mass is 505 g/mol. The molecule has 4 rings (SSSR count). The molecular formula is C25H29Cl2N3O4. The summed E-state index contributed by atoms with van der Waals surface area (Å²) in [5.41, 5.74) is 2.64. The average molecular weight is 506 g/mol. The maximum absolute atomic E-state index is 12.4. The van der Waals surface area contributed by atoms with Crippen LogP contribution in [0.4, 0.5) is 4.79 Å². The second-order valence-electron chi connectivity index (χ2n) is 9.65. The van der Waals surface area contributed by atoms with Crippen LogP contribution < -0.4 is 0 Å². The van der Waals surface area contributed by atoms with Crippen molar-refractivity contribution in [3.63, 3.8) is 0 Å². The van der Waals surface area contributed by atoms with Crippen molar-refractivity contribution in [2.24, 2.45) is 0 Å². The highest BCUT2D eigenvalue weighted by molar-refractivity contribution is 6.36. The van der Waals surface area contributed by atoms with Gasteiger partial charge in [0.1, 0.15) is 5.60 Å². The molecule has 1 saturated heterocycles. The van der Waals surface area contributed by atoms with E-state index in [9.17, 15) is 15.0 Å². The first-order chi connectivity index (χ1) is 16.0. The van der Waals surface area contributed by atoms with E-state index in [0.717, 1.165) is 0 Å². The lowest BCUT2D eigenvalue weighted by Crippen LogP contribution is -2.42. The van der Waals surface area contributed by atoms with Crippen LogP contribution >= 0.6 is 23.2 Å². The number of likely N-dealkylation sites (tertiary alicyclic amines) is 1. The molecule has 0 radical (unpaired) electrons. The number of aliphatic hydroxyl groups excluding tert-OH is 1. The van der Waals surface area contributed by atoms with E-state index in [0.29, 0.717) is 69.3 Å². The number of carbonyl (C=O) groups is 1. The summed E-state index contributed by atoms with van der Waals surface area (Å²) in [6.45, 7) is 8.17. The number of nitrogens with zero attached hydrogens (tertiary/aromatic N) is 3. The fourth-order valence-electron chi connectivity index (χ4n) is 4.52. The van der Waals surface area contributed by atoms with Gasteiger partial charge in [-0.3, -0.25) is 4.98 Å². The number of halogens is 2. The molecule has 1 fully saturated rings. The van der Waals surface area contributed by atoms with Gasteiger partial charge in [0.25, 0.3) is 0 Å². The Morgan fingerprint density at radius 3 is 2.50 bits per heavy atom. The van der Waals surface area contributed by atoms with Crippen LogP contribution in [0.25, 0.3) is 22.0 Å². The van der Waals surface area contributed by atoms with Crippen molar-refractivity contribution in [1.29, 1.82) is 0 Å². The largest absolute Gasteiger partial charge is 0.494 e. The molecule has 9 heteroatoms. The molecule has 2 aromatic heterocycles. The van der Waals surface area contributed by atoms with Gasteiger partial charge in [-0.15, -0.1) is 0 Å². The molecule has 2 N–H and O–H groups in total. The maximum atomic E-state index is 12.4. The molecule has 0 spiro atoms. The zero-order chi connectivity index (χ0) is 24.8. The van der Waals surface area contributed by atoms with Crippen molar-refractivity contribution in [2.75, 3.05) is 13.1 Å². The SMILES string of the molecule is Cc1nc2cn(C3CCN(C(=O)OC(C)(C)C)CC3)c(O)c2c(-c2ccc(Cl)cc2Cl)c1CO. The zero-order valence-electron chi connectivity index (χ0n) is 19.7. The Hall–Kier alpha value is -2.48. The van der Waals surface area contributed by atoms with Gasteiger partial charge < -0.3 is 24.4 Å². The predicted molar refractivity (Wildman–Crippen MR) is 134 cm³/mol. The highest BCUT2D eigenvalue weighted by Crippen LogP contribution is 2.44. The van der Waals surface area contributed by atoms with Gasteiger partial charge in [-0.25, -0.2) is 4.79 Å². The summed E-state index contributed by atoms with van der Waals surface area (Å²) >= 11 is 12.6. The summed E-state index contributed by atoms with van der Waals surface area (Å²) in [5, 5.41) is 22.9. The van der Waals surface area contributed by atoms with Crippen LogP contribution in [-0.2, 0) is 11.3 Å².